The van der Waals surface area contributed by atoms with Crippen LogP contribution in [0.15, 0.2) is 23.5 Å². The molecule has 0 fully saturated rings. The molecule has 1 aromatic rings. The monoisotopic (exact) mass is 432 g/mol. The van der Waals surface area contributed by atoms with Gasteiger partial charge in [0.25, 0.3) is 0 Å². The molecule has 0 aliphatic carbocycles. The van der Waals surface area contributed by atoms with Crippen LogP contribution in [0.4, 0.5) is 22.0 Å². The smallest absolute Gasteiger partial charge is 0.460 e. The molecule has 0 bridgehead atoms. The van der Waals surface area contributed by atoms with E-state index in [4.69, 9.17) is 18.5 Å². The zero-order chi connectivity index (χ0) is 21.4. The highest BCUT2D eigenvalue weighted by Crippen LogP contribution is 2.66. The summed E-state index contributed by atoms with van der Waals surface area (Å²) in [7, 11) is -3.67. The molecule has 0 spiro atoms. The lowest BCUT2D eigenvalue weighted by molar-refractivity contribution is -0.371. The molecule has 1 N–H and O–H groups in total. The van der Waals surface area contributed by atoms with E-state index < -0.39 is 36.5 Å². The molecule has 6 nitrogen and oxygen atoms in total. The van der Waals surface area contributed by atoms with E-state index in [1.54, 1.807) is 0 Å². The molecule has 1 aliphatic rings. The molecule has 1 atom stereocenters. The maximum Gasteiger partial charge on any atom is 0.460 e. The number of aliphatic hydroxyl groups is 1. The Hall–Kier alpha value is -1.68. The van der Waals surface area contributed by atoms with E-state index in [1.807, 2.05) is 0 Å². The van der Waals surface area contributed by atoms with E-state index in [-0.39, 0.29) is 24.5 Å². The second kappa shape index (κ2) is 7.62. The van der Waals surface area contributed by atoms with E-state index in [9.17, 15) is 31.6 Å². The van der Waals surface area contributed by atoms with Crippen LogP contribution in [0.3, 0.4) is 0 Å². The van der Waals surface area contributed by atoms with E-state index in [1.165, 1.54) is 32.0 Å². The standard InChI is InChI=1S/C16H18F5O6P/c1-4-25-28(23,26-5-2)12-9-10-7-6-8-11(24-3)13(10)27-14(12,22)15(17,18)16(19,20)21/h6-9,22H,4-5H2,1-3H3. The molecular weight excluding hydrogens is 414 g/mol. The fourth-order valence-corrected chi connectivity index (χ4v) is 4.45. The Morgan fingerprint density at radius 1 is 1.14 bits per heavy atom. The fraction of sp³-hybridized carbons (Fsp3) is 0.500. The van der Waals surface area contributed by atoms with Crippen molar-refractivity contribution in [3.8, 4) is 11.5 Å². The molecule has 2 rings (SSSR count). The van der Waals surface area contributed by atoms with Crippen LogP contribution in [-0.2, 0) is 13.6 Å². The summed E-state index contributed by atoms with van der Waals surface area (Å²) in [6.07, 6.45) is -5.57. The SMILES string of the molecule is CCOP(=O)(OCC)C1=Cc2cccc(OC)c2OC1(O)C(F)(F)C(F)(F)F. The predicted octanol–water partition coefficient (Wildman–Crippen LogP) is 4.58. The molecule has 0 radical (unpaired) electrons. The molecule has 0 saturated heterocycles. The van der Waals surface area contributed by atoms with Crippen molar-refractivity contribution in [2.45, 2.75) is 31.7 Å². The van der Waals surface area contributed by atoms with Gasteiger partial charge in [0.05, 0.1) is 20.3 Å². The first-order valence-electron chi connectivity index (χ1n) is 8.02. The van der Waals surface area contributed by atoms with Crippen molar-refractivity contribution in [3.63, 3.8) is 0 Å². The number of benzene rings is 1. The number of ether oxygens (including phenoxy) is 2. The summed E-state index contributed by atoms with van der Waals surface area (Å²) in [5.74, 6) is -11.1. The number of hydrogen-bond donors (Lipinski definition) is 1. The third-order valence-corrected chi connectivity index (χ3v) is 6.01. The average Bonchev–Trinajstić information content (AvgIpc) is 2.60. The van der Waals surface area contributed by atoms with Crippen LogP contribution in [0.25, 0.3) is 6.08 Å². The topological polar surface area (TPSA) is 74.2 Å². The van der Waals surface area contributed by atoms with Crippen molar-refractivity contribution < 1.29 is 50.1 Å². The second-order valence-electron chi connectivity index (χ2n) is 5.56. The van der Waals surface area contributed by atoms with E-state index in [2.05, 4.69) is 0 Å². The van der Waals surface area contributed by atoms with Gasteiger partial charge in [-0.15, -0.1) is 0 Å². The van der Waals surface area contributed by atoms with Gasteiger partial charge in [-0.3, -0.25) is 4.57 Å². The van der Waals surface area contributed by atoms with Crippen LogP contribution in [-0.4, -0.2) is 43.3 Å². The Kier molecular flexibility index (Phi) is 6.16. The van der Waals surface area contributed by atoms with E-state index in [0.29, 0.717) is 6.08 Å². The zero-order valence-corrected chi connectivity index (χ0v) is 15.9. The van der Waals surface area contributed by atoms with Gasteiger partial charge in [-0.05, 0) is 26.0 Å². The van der Waals surface area contributed by atoms with Crippen molar-refractivity contribution in [2.24, 2.45) is 0 Å². The number of para-hydroxylation sites is 1. The van der Waals surface area contributed by atoms with Crippen molar-refractivity contribution in [1.29, 1.82) is 0 Å². The predicted molar refractivity (Wildman–Crippen MR) is 88.4 cm³/mol. The van der Waals surface area contributed by atoms with Gasteiger partial charge in [0.2, 0.25) is 0 Å². The van der Waals surface area contributed by atoms with Crippen molar-refractivity contribution in [1.82, 2.24) is 0 Å². The van der Waals surface area contributed by atoms with Crippen LogP contribution < -0.4 is 9.47 Å². The molecule has 0 aromatic heterocycles. The van der Waals surface area contributed by atoms with Crippen molar-refractivity contribution >= 4 is 13.7 Å². The Bertz CT molecular complexity index is 799. The normalized spacial score (nSPS) is 20.2. The zero-order valence-electron chi connectivity index (χ0n) is 15.0. The molecule has 28 heavy (non-hydrogen) atoms. The first-order chi connectivity index (χ1) is 12.9. The summed E-state index contributed by atoms with van der Waals surface area (Å²) in [5.41, 5.74) is -0.0587. The second-order valence-corrected chi connectivity index (χ2v) is 7.55. The Labute approximate surface area is 157 Å². The lowest BCUT2D eigenvalue weighted by Crippen LogP contribution is -2.62. The summed E-state index contributed by atoms with van der Waals surface area (Å²) in [6.45, 7) is 1.95. The molecule has 0 saturated carbocycles. The van der Waals surface area contributed by atoms with Gasteiger partial charge < -0.3 is 23.6 Å². The van der Waals surface area contributed by atoms with Gasteiger partial charge in [-0.2, -0.15) is 22.0 Å². The van der Waals surface area contributed by atoms with Gasteiger partial charge >= 0.3 is 25.5 Å². The number of alkyl halides is 5. The van der Waals surface area contributed by atoms with Gasteiger partial charge in [0.15, 0.2) is 11.5 Å². The lowest BCUT2D eigenvalue weighted by Gasteiger charge is -2.41. The van der Waals surface area contributed by atoms with Crippen LogP contribution in [0.5, 0.6) is 11.5 Å². The minimum atomic E-state index is -6.25. The molecule has 1 unspecified atom stereocenters. The van der Waals surface area contributed by atoms with Gasteiger partial charge in [-0.25, -0.2) is 0 Å². The third kappa shape index (κ3) is 3.52. The lowest BCUT2D eigenvalue weighted by atomic mass is 10.0. The highest BCUT2D eigenvalue weighted by Gasteiger charge is 2.76. The number of rotatable bonds is 7. The highest BCUT2D eigenvalue weighted by atomic mass is 31.2. The maximum absolute atomic E-state index is 14.4. The van der Waals surface area contributed by atoms with E-state index >= 15 is 0 Å². The molecular formula is C16H18F5O6P. The Morgan fingerprint density at radius 2 is 1.71 bits per heavy atom. The van der Waals surface area contributed by atoms with Crippen LogP contribution in [0.1, 0.15) is 19.4 Å². The molecule has 1 aromatic carbocycles. The number of halogens is 5. The van der Waals surface area contributed by atoms with Gasteiger partial charge in [0.1, 0.15) is 5.31 Å². The molecule has 158 valence electrons. The number of hydrogen-bond acceptors (Lipinski definition) is 6. The Balaban J connectivity index is 2.84. The van der Waals surface area contributed by atoms with Gasteiger partial charge in [0, 0.05) is 5.56 Å². The summed E-state index contributed by atoms with van der Waals surface area (Å²) in [6, 6.07) is 3.91. The van der Waals surface area contributed by atoms with Crippen LogP contribution in [0, 0.1) is 0 Å². The molecule has 1 heterocycles. The third-order valence-electron chi connectivity index (χ3n) is 3.79. The summed E-state index contributed by atoms with van der Waals surface area (Å²) in [4.78, 5) is 0. The quantitative estimate of drug-likeness (QED) is 0.502. The first-order valence-corrected chi connectivity index (χ1v) is 9.57. The molecule has 0 amide bonds. The van der Waals surface area contributed by atoms with Crippen molar-refractivity contribution in [3.05, 3.63) is 29.1 Å². The minimum absolute atomic E-state index is 0.0587. The van der Waals surface area contributed by atoms with Crippen molar-refractivity contribution in [2.75, 3.05) is 20.3 Å². The van der Waals surface area contributed by atoms with Crippen LogP contribution in [0.2, 0.25) is 0 Å². The highest BCUT2D eigenvalue weighted by molar-refractivity contribution is 7.58. The number of methoxy groups -OCH3 is 1. The number of fused-ring (bicyclic) bond motifs is 1. The maximum atomic E-state index is 14.4. The molecule has 1 aliphatic heterocycles. The summed E-state index contributed by atoms with van der Waals surface area (Å²) in [5, 5.41) is 9.13. The first kappa shape index (κ1) is 22.6. The van der Waals surface area contributed by atoms with E-state index in [0.717, 1.165) is 7.11 Å². The summed E-state index contributed by atoms with van der Waals surface area (Å²) >= 11 is 0. The van der Waals surface area contributed by atoms with Crippen LogP contribution >= 0.6 is 7.60 Å². The largest absolute Gasteiger partial charge is 0.493 e. The average molecular weight is 432 g/mol. The summed E-state index contributed by atoms with van der Waals surface area (Å²) < 4.78 is 101. The van der Waals surface area contributed by atoms with Gasteiger partial charge in [-0.1, -0.05) is 12.1 Å². The fourth-order valence-electron chi connectivity index (χ4n) is 2.56. The minimum Gasteiger partial charge on any atom is -0.493 e. The Morgan fingerprint density at radius 3 is 2.18 bits per heavy atom. The molecule has 12 heteroatoms.